The highest BCUT2D eigenvalue weighted by Gasteiger charge is 2.17. The zero-order valence-electron chi connectivity index (χ0n) is 10.3. The summed E-state index contributed by atoms with van der Waals surface area (Å²) >= 11 is 3.47. The lowest BCUT2D eigenvalue weighted by molar-refractivity contribution is -0.132. The molecule has 0 aliphatic heterocycles. The zero-order chi connectivity index (χ0) is 12.8. The first kappa shape index (κ1) is 14.2. The van der Waals surface area contributed by atoms with Gasteiger partial charge in [-0.25, -0.2) is 0 Å². The van der Waals surface area contributed by atoms with Crippen LogP contribution in [0.1, 0.15) is 25.3 Å². The molecule has 0 heterocycles. The molecule has 0 aliphatic carbocycles. The van der Waals surface area contributed by atoms with Crippen LogP contribution in [-0.4, -0.2) is 23.9 Å². The molecule has 0 saturated carbocycles. The number of amides is 1. The third-order valence-corrected chi connectivity index (χ3v) is 3.43. The zero-order valence-corrected chi connectivity index (χ0v) is 11.9. The number of carbonyl (C=O) groups excluding carboxylic acids is 1. The number of nitrogens with two attached hydrogens (primary N) is 1. The van der Waals surface area contributed by atoms with Crippen LogP contribution in [-0.2, 0) is 11.3 Å². The van der Waals surface area contributed by atoms with Crippen molar-refractivity contribution in [3.05, 3.63) is 34.3 Å². The molecule has 1 amide bonds. The van der Waals surface area contributed by atoms with Crippen LogP contribution in [0.15, 0.2) is 28.7 Å². The third kappa shape index (κ3) is 4.13. The molecular weight excluding hydrogens is 280 g/mol. The van der Waals surface area contributed by atoms with Gasteiger partial charge in [-0.05, 0) is 18.1 Å². The standard InChI is InChI=1S/C13H19BrN2O/c1-3-6-12(15)13(17)16(2)9-10-7-4-5-8-11(10)14/h4-5,7-8,12H,3,6,9,15H2,1-2H3/t12-/m1/s1. The summed E-state index contributed by atoms with van der Waals surface area (Å²) in [6.07, 6.45) is 1.66. The molecule has 94 valence electrons. The Morgan fingerprint density at radius 3 is 2.71 bits per heavy atom. The molecule has 1 atom stereocenters. The topological polar surface area (TPSA) is 46.3 Å². The van der Waals surface area contributed by atoms with Gasteiger partial charge in [0.05, 0.1) is 6.04 Å². The molecule has 0 aliphatic rings. The summed E-state index contributed by atoms with van der Waals surface area (Å²) in [4.78, 5) is 13.6. The minimum absolute atomic E-state index is 0.00241. The van der Waals surface area contributed by atoms with Gasteiger partial charge in [-0.15, -0.1) is 0 Å². The number of halogens is 1. The monoisotopic (exact) mass is 298 g/mol. The molecule has 0 saturated heterocycles. The van der Waals surface area contributed by atoms with Crippen LogP contribution < -0.4 is 5.73 Å². The summed E-state index contributed by atoms with van der Waals surface area (Å²) in [5.41, 5.74) is 6.91. The maximum atomic E-state index is 11.9. The largest absolute Gasteiger partial charge is 0.340 e. The Labute approximate surface area is 111 Å². The van der Waals surface area contributed by atoms with Crippen molar-refractivity contribution in [3.63, 3.8) is 0 Å². The lowest BCUT2D eigenvalue weighted by atomic mass is 10.1. The van der Waals surface area contributed by atoms with Gasteiger partial charge in [-0.3, -0.25) is 4.79 Å². The quantitative estimate of drug-likeness (QED) is 0.908. The van der Waals surface area contributed by atoms with E-state index in [1.54, 1.807) is 11.9 Å². The lowest BCUT2D eigenvalue weighted by Gasteiger charge is -2.21. The number of rotatable bonds is 5. The summed E-state index contributed by atoms with van der Waals surface area (Å²) in [5.74, 6) is 0.00241. The van der Waals surface area contributed by atoms with Crippen LogP contribution in [0.2, 0.25) is 0 Å². The summed E-state index contributed by atoms with van der Waals surface area (Å²) in [5, 5.41) is 0. The van der Waals surface area contributed by atoms with Crippen molar-refractivity contribution in [1.82, 2.24) is 4.90 Å². The van der Waals surface area contributed by atoms with Crippen LogP contribution in [0, 0.1) is 0 Å². The summed E-state index contributed by atoms with van der Waals surface area (Å²) < 4.78 is 1.02. The van der Waals surface area contributed by atoms with Gasteiger partial charge < -0.3 is 10.6 Å². The van der Waals surface area contributed by atoms with Gasteiger partial charge in [0.2, 0.25) is 5.91 Å². The van der Waals surface area contributed by atoms with Crippen molar-refractivity contribution in [3.8, 4) is 0 Å². The van der Waals surface area contributed by atoms with E-state index in [1.807, 2.05) is 31.2 Å². The molecule has 0 spiro atoms. The molecule has 0 bridgehead atoms. The molecule has 0 aromatic heterocycles. The second kappa shape index (κ2) is 6.77. The number of hydrogen-bond donors (Lipinski definition) is 1. The fraction of sp³-hybridized carbons (Fsp3) is 0.462. The number of benzene rings is 1. The normalized spacial score (nSPS) is 12.2. The molecule has 1 rings (SSSR count). The van der Waals surface area contributed by atoms with Crippen LogP contribution in [0.25, 0.3) is 0 Å². The number of likely N-dealkylation sites (N-methyl/N-ethyl adjacent to an activating group) is 1. The Bertz CT molecular complexity index is 381. The predicted octanol–water partition coefficient (Wildman–Crippen LogP) is 2.53. The van der Waals surface area contributed by atoms with E-state index in [1.165, 1.54) is 0 Å². The van der Waals surface area contributed by atoms with E-state index in [0.29, 0.717) is 6.54 Å². The molecule has 1 aromatic carbocycles. The van der Waals surface area contributed by atoms with Crippen molar-refractivity contribution in [2.75, 3.05) is 7.05 Å². The molecular formula is C13H19BrN2O. The number of hydrogen-bond acceptors (Lipinski definition) is 2. The predicted molar refractivity (Wildman–Crippen MR) is 73.5 cm³/mol. The Kier molecular flexibility index (Phi) is 5.65. The molecule has 0 radical (unpaired) electrons. The van der Waals surface area contributed by atoms with E-state index >= 15 is 0 Å². The maximum Gasteiger partial charge on any atom is 0.239 e. The van der Waals surface area contributed by atoms with Gasteiger partial charge in [0.25, 0.3) is 0 Å². The molecule has 2 N–H and O–H groups in total. The first-order valence-corrected chi connectivity index (χ1v) is 6.59. The number of carbonyl (C=O) groups is 1. The fourth-order valence-electron chi connectivity index (χ4n) is 1.68. The van der Waals surface area contributed by atoms with Gasteiger partial charge in [-0.2, -0.15) is 0 Å². The molecule has 3 nitrogen and oxygen atoms in total. The highest BCUT2D eigenvalue weighted by molar-refractivity contribution is 9.10. The average molecular weight is 299 g/mol. The third-order valence-electron chi connectivity index (χ3n) is 2.66. The summed E-state index contributed by atoms with van der Waals surface area (Å²) in [7, 11) is 1.79. The van der Waals surface area contributed by atoms with Crippen LogP contribution in [0.4, 0.5) is 0 Å². The van der Waals surface area contributed by atoms with E-state index in [4.69, 9.17) is 5.73 Å². The van der Waals surface area contributed by atoms with Crippen molar-refractivity contribution in [2.24, 2.45) is 5.73 Å². The van der Waals surface area contributed by atoms with Crippen LogP contribution in [0.3, 0.4) is 0 Å². The van der Waals surface area contributed by atoms with E-state index in [0.717, 1.165) is 22.9 Å². The van der Waals surface area contributed by atoms with Crippen molar-refractivity contribution < 1.29 is 4.79 Å². The summed E-state index contributed by atoms with van der Waals surface area (Å²) in [6.45, 7) is 2.61. The minimum Gasteiger partial charge on any atom is -0.340 e. The van der Waals surface area contributed by atoms with E-state index in [9.17, 15) is 4.79 Å². The smallest absolute Gasteiger partial charge is 0.239 e. The van der Waals surface area contributed by atoms with Gasteiger partial charge in [0, 0.05) is 18.1 Å². The first-order valence-electron chi connectivity index (χ1n) is 5.80. The Balaban J connectivity index is 2.63. The van der Waals surface area contributed by atoms with Crippen molar-refractivity contribution >= 4 is 21.8 Å². The second-order valence-corrected chi connectivity index (χ2v) is 5.04. The fourth-order valence-corrected chi connectivity index (χ4v) is 2.09. The maximum absolute atomic E-state index is 11.9. The lowest BCUT2D eigenvalue weighted by Crippen LogP contribution is -2.41. The highest BCUT2D eigenvalue weighted by atomic mass is 79.9. The summed E-state index contributed by atoms with van der Waals surface area (Å²) in [6, 6.07) is 7.51. The molecule has 17 heavy (non-hydrogen) atoms. The minimum atomic E-state index is -0.382. The highest BCUT2D eigenvalue weighted by Crippen LogP contribution is 2.17. The molecule has 0 fully saturated rings. The average Bonchev–Trinajstić information content (AvgIpc) is 2.31. The molecule has 0 unspecified atom stereocenters. The van der Waals surface area contributed by atoms with Crippen LogP contribution in [0.5, 0.6) is 0 Å². The first-order chi connectivity index (χ1) is 8.06. The second-order valence-electron chi connectivity index (χ2n) is 4.18. The van der Waals surface area contributed by atoms with Gasteiger partial charge >= 0.3 is 0 Å². The number of nitrogens with zero attached hydrogens (tertiary/aromatic N) is 1. The van der Waals surface area contributed by atoms with Crippen molar-refractivity contribution in [2.45, 2.75) is 32.4 Å². The Morgan fingerprint density at radius 2 is 2.12 bits per heavy atom. The Hall–Kier alpha value is -0.870. The van der Waals surface area contributed by atoms with Gasteiger partial charge in [-0.1, -0.05) is 47.5 Å². The van der Waals surface area contributed by atoms with Crippen LogP contribution >= 0.6 is 15.9 Å². The Morgan fingerprint density at radius 1 is 1.47 bits per heavy atom. The van der Waals surface area contributed by atoms with E-state index < -0.39 is 0 Å². The van der Waals surface area contributed by atoms with E-state index in [2.05, 4.69) is 15.9 Å². The van der Waals surface area contributed by atoms with Gasteiger partial charge in [0.15, 0.2) is 0 Å². The SMILES string of the molecule is CCC[C@@H](N)C(=O)N(C)Cc1ccccc1Br. The van der Waals surface area contributed by atoms with Crippen molar-refractivity contribution in [1.29, 1.82) is 0 Å². The molecule has 4 heteroatoms. The molecule has 1 aromatic rings. The van der Waals surface area contributed by atoms with Gasteiger partial charge in [0.1, 0.15) is 0 Å². The van der Waals surface area contributed by atoms with E-state index in [-0.39, 0.29) is 11.9 Å².